The van der Waals surface area contributed by atoms with Crippen LogP contribution in [0.2, 0.25) is 0 Å². The average molecular weight is 496 g/mol. The molecule has 0 bridgehead atoms. The number of carboxylic acid groups (broad SMARTS) is 1. The van der Waals surface area contributed by atoms with Crippen LogP contribution in [-0.2, 0) is 35.2 Å². The normalized spacial score (nSPS) is 14.0. The van der Waals surface area contributed by atoms with Crippen LogP contribution in [0.5, 0.6) is 5.75 Å². The van der Waals surface area contributed by atoms with Crippen LogP contribution < -0.4 is 33.2 Å². The summed E-state index contributed by atoms with van der Waals surface area (Å²) in [7, 11) is 0. The van der Waals surface area contributed by atoms with E-state index in [4.69, 9.17) is 27.4 Å². The lowest BCUT2D eigenvalue weighted by atomic mass is 10.0. The lowest BCUT2D eigenvalue weighted by Crippen LogP contribution is -2.58. The molecule has 4 atom stereocenters. The summed E-state index contributed by atoms with van der Waals surface area (Å²) in [5.74, 6) is -6.70. The number of carbonyl (C=O) groups is 6. The van der Waals surface area contributed by atoms with Crippen LogP contribution in [0.4, 0.5) is 0 Å². The number of hydrogen-bond acceptors (Lipinski definition) is 9. The quantitative estimate of drug-likeness (QED) is 0.119. The summed E-state index contributed by atoms with van der Waals surface area (Å²) in [6.07, 6.45) is -1.43. The molecule has 0 radical (unpaired) electrons. The fourth-order valence-electron chi connectivity index (χ4n) is 2.81. The molecule has 0 saturated heterocycles. The van der Waals surface area contributed by atoms with Gasteiger partial charge in [-0.15, -0.1) is 0 Å². The number of rotatable bonds is 14. The van der Waals surface area contributed by atoms with Gasteiger partial charge in [0, 0.05) is 0 Å². The summed E-state index contributed by atoms with van der Waals surface area (Å²) in [5, 5.41) is 33.6. The third-order valence-corrected chi connectivity index (χ3v) is 4.60. The molecule has 1 rings (SSSR count). The highest BCUT2D eigenvalue weighted by Gasteiger charge is 2.31. The molecular formula is C20H28N6O9. The molecule has 1 aromatic carbocycles. The molecule has 0 aliphatic carbocycles. The van der Waals surface area contributed by atoms with Gasteiger partial charge in [-0.05, 0) is 24.1 Å². The van der Waals surface area contributed by atoms with E-state index in [0.717, 1.165) is 0 Å². The van der Waals surface area contributed by atoms with Crippen molar-refractivity contribution in [3.05, 3.63) is 29.8 Å². The van der Waals surface area contributed by atoms with Crippen LogP contribution in [-0.4, -0.2) is 81.6 Å². The molecular weight excluding hydrogens is 468 g/mol. The van der Waals surface area contributed by atoms with Crippen molar-refractivity contribution in [3.63, 3.8) is 0 Å². The van der Waals surface area contributed by atoms with Crippen molar-refractivity contribution >= 4 is 35.5 Å². The molecule has 192 valence electrons. The number of aliphatic hydroxyl groups is 1. The zero-order valence-corrected chi connectivity index (χ0v) is 18.5. The van der Waals surface area contributed by atoms with E-state index in [2.05, 4.69) is 10.6 Å². The Labute approximate surface area is 199 Å². The number of hydrogen-bond donors (Lipinski definition) is 9. The van der Waals surface area contributed by atoms with Gasteiger partial charge in [-0.3, -0.25) is 24.0 Å². The van der Waals surface area contributed by atoms with Crippen molar-refractivity contribution in [2.45, 2.75) is 43.4 Å². The molecule has 15 heteroatoms. The van der Waals surface area contributed by atoms with Crippen LogP contribution in [0.25, 0.3) is 0 Å². The van der Waals surface area contributed by atoms with Gasteiger partial charge in [0.2, 0.25) is 29.5 Å². The lowest BCUT2D eigenvalue weighted by molar-refractivity contribution is -0.143. The van der Waals surface area contributed by atoms with Crippen LogP contribution in [0, 0.1) is 0 Å². The predicted molar refractivity (Wildman–Crippen MR) is 118 cm³/mol. The highest BCUT2D eigenvalue weighted by Crippen LogP contribution is 2.11. The summed E-state index contributed by atoms with van der Waals surface area (Å²) in [6.45, 7) is -0.975. The number of aliphatic hydroxyl groups excluding tert-OH is 1. The van der Waals surface area contributed by atoms with Gasteiger partial charge in [-0.25, -0.2) is 4.79 Å². The van der Waals surface area contributed by atoms with Gasteiger partial charge in [0.25, 0.3) is 0 Å². The maximum Gasteiger partial charge on any atom is 0.328 e. The summed E-state index contributed by atoms with van der Waals surface area (Å²) in [4.78, 5) is 71.4. The Balaban J connectivity index is 2.95. The molecule has 0 aliphatic rings. The maximum absolute atomic E-state index is 12.7. The first-order valence-electron chi connectivity index (χ1n) is 10.2. The van der Waals surface area contributed by atoms with Gasteiger partial charge in [0.1, 0.15) is 23.9 Å². The van der Waals surface area contributed by atoms with E-state index >= 15 is 0 Å². The second-order valence-electron chi connectivity index (χ2n) is 7.52. The molecule has 0 fully saturated rings. The number of amides is 5. The third-order valence-electron chi connectivity index (χ3n) is 4.60. The van der Waals surface area contributed by atoms with E-state index in [0.29, 0.717) is 5.56 Å². The Bertz CT molecular complexity index is 953. The summed E-state index contributed by atoms with van der Waals surface area (Å²) in [6, 6.07) is -0.354. The number of aromatic hydroxyl groups is 1. The molecule has 0 saturated carbocycles. The van der Waals surface area contributed by atoms with Gasteiger partial charge in [0.05, 0.1) is 25.5 Å². The van der Waals surface area contributed by atoms with Crippen LogP contribution in [0.15, 0.2) is 24.3 Å². The van der Waals surface area contributed by atoms with Gasteiger partial charge in [-0.1, -0.05) is 12.1 Å². The SMILES string of the molecule is NC(=O)CC(NC(=O)C(N)Cc1ccc(O)cc1)C(=O)NC(CC(N)=O)C(=O)NC(CO)C(=O)O. The number of carbonyl (C=O) groups excluding carboxylic acids is 5. The fourth-order valence-corrected chi connectivity index (χ4v) is 2.81. The van der Waals surface area contributed by atoms with E-state index < -0.39 is 79.1 Å². The fraction of sp³-hybridized carbons (Fsp3) is 0.400. The number of aliphatic carboxylic acids is 1. The number of phenols is 1. The van der Waals surface area contributed by atoms with Crippen molar-refractivity contribution in [1.82, 2.24) is 16.0 Å². The van der Waals surface area contributed by atoms with E-state index in [1.165, 1.54) is 24.3 Å². The number of phenolic OH excluding ortho intramolecular Hbond substituents is 1. The average Bonchev–Trinajstić information content (AvgIpc) is 2.76. The summed E-state index contributed by atoms with van der Waals surface area (Å²) in [5.41, 5.74) is 16.7. The van der Waals surface area contributed by atoms with Crippen molar-refractivity contribution in [2.24, 2.45) is 17.2 Å². The number of nitrogens with one attached hydrogen (secondary N) is 3. The molecule has 0 aliphatic heterocycles. The lowest BCUT2D eigenvalue weighted by Gasteiger charge is -2.24. The van der Waals surface area contributed by atoms with E-state index in [9.17, 15) is 33.9 Å². The van der Waals surface area contributed by atoms with Crippen molar-refractivity contribution in [3.8, 4) is 5.75 Å². The number of carboxylic acids is 1. The molecule has 0 aromatic heterocycles. The van der Waals surface area contributed by atoms with Crippen LogP contribution in [0.1, 0.15) is 18.4 Å². The molecule has 0 heterocycles. The monoisotopic (exact) mass is 496 g/mol. The smallest absolute Gasteiger partial charge is 0.328 e. The minimum Gasteiger partial charge on any atom is -0.508 e. The molecule has 12 N–H and O–H groups in total. The van der Waals surface area contributed by atoms with Gasteiger partial charge in [-0.2, -0.15) is 0 Å². The molecule has 1 aromatic rings. The minimum absolute atomic E-state index is 0.00758. The first-order valence-corrected chi connectivity index (χ1v) is 10.2. The Hall–Kier alpha value is -4.24. The van der Waals surface area contributed by atoms with E-state index in [1.807, 2.05) is 5.32 Å². The number of benzene rings is 1. The second kappa shape index (κ2) is 13.5. The molecule has 5 amide bonds. The topological polar surface area (TPSA) is 277 Å². The highest BCUT2D eigenvalue weighted by atomic mass is 16.4. The zero-order valence-electron chi connectivity index (χ0n) is 18.5. The molecule has 15 nitrogen and oxygen atoms in total. The highest BCUT2D eigenvalue weighted by molar-refractivity contribution is 5.97. The van der Waals surface area contributed by atoms with E-state index in [1.54, 1.807) is 0 Å². The number of primary amides is 2. The Morgan fingerprint density at radius 2 is 1.20 bits per heavy atom. The van der Waals surface area contributed by atoms with Gasteiger partial charge in [0.15, 0.2) is 0 Å². The predicted octanol–water partition coefficient (Wildman–Crippen LogP) is -4.46. The Kier molecular flexibility index (Phi) is 11.1. The largest absolute Gasteiger partial charge is 0.508 e. The minimum atomic E-state index is -1.73. The Morgan fingerprint density at radius 1 is 0.771 bits per heavy atom. The van der Waals surface area contributed by atoms with Gasteiger partial charge < -0.3 is 48.5 Å². The second-order valence-corrected chi connectivity index (χ2v) is 7.52. The molecule has 4 unspecified atom stereocenters. The van der Waals surface area contributed by atoms with Crippen LogP contribution in [0.3, 0.4) is 0 Å². The first kappa shape index (κ1) is 28.8. The Morgan fingerprint density at radius 3 is 1.60 bits per heavy atom. The van der Waals surface area contributed by atoms with Crippen molar-refractivity contribution < 1.29 is 44.1 Å². The summed E-state index contributed by atoms with van der Waals surface area (Å²) >= 11 is 0. The zero-order chi connectivity index (χ0) is 26.7. The van der Waals surface area contributed by atoms with Crippen LogP contribution >= 0.6 is 0 Å². The van der Waals surface area contributed by atoms with Crippen molar-refractivity contribution in [1.29, 1.82) is 0 Å². The maximum atomic E-state index is 12.7. The van der Waals surface area contributed by atoms with E-state index in [-0.39, 0.29) is 12.2 Å². The van der Waals surface area contributed by atoms with Gasteiger partial charge >= 0.3 is 5.97 Å². The standard InChI is InChI=1S/C20H28N6O9/c21-11(5-9-1-3-10(28)4-2-9)17(31)24-12(6-15(22)29)18(32)25-13(7-16(23)30)19(33)26-14(8-27)20(34)35/h1-4,11-14,27-28H,5-8,21H2,(H2,22,29)(H2,23,30)(H,24,31)(H,25,32)(H,26,33)(H,34,35). The molecule has 35 heavy (non-hydrogen) atoms. The third kappa shape index (κ3) is 10.1. The summed E-state index contributed by atoms with van der Waals surface area (Å²) < 4.78 is 0. The molecule has 0 spiro atoms. The van der Waals surface area contributed by atoms with Crippen molar-refractivity contribution in [2.75, 3.05) is 6.61 Å². The number of nitrogens with two attached hydrogens (primary N) is 3. The first-order chi connectivity index (χ1) is 16.3.